The number of aromatic nitrogens is 4. The molecule has 28 heavy (non-hydrogen) atoms. The molecule has 2 aliphatic rings. The molecule has 0 amide bonds. The Morgan fingerprint density at radius 1 is 1.29 bits per heavy atom. The highest BCUT2D eigenvalue weighted by Gasteiger charge is 2.43. The number of halogens is 3. The highest BCUT2D eigenvalue weighted by Crippen LogP contribution is 2.51. The first-order valence-electron chi connectivity index (χ1n) is 9.16. The van der Waals surface area contributed by atoms with Crippen LogP contribution in [0.3, 0.4) is 0 Å². The van der Waals surface area contributed by atoms with Crippen molar-refractivity contribution in [3.63, 3.8) is 0 Å². The zero-order chi connectivity index (χ0) is 19.8. The van der Waals surface area contributed by atoms with Gasteiger partial charge in [0.1, 0.15) is 35.3 Å². The fraction of sp³-hybridized carbons (Fsp3) is 0.500. The molecule has 3 aromatic rings. The summed E-state index contributed by atoms with van der Waals surface area (Å²) < 4.78 is 47.5. The van der Waals surface area contributed by atoms with Crippen molar-refractivity contribution in [2.24, 2.45) is 0 Å². The Bertz CT molecular complexity index is 1080. The number of aliphatic hydroxyl groups excluding tert-OH is 1. The number of rotatable bonds is 2. The fourth-order valence-electron chi connectivity index (χ4n) is 4.14. The maximum absolute atomic E-state index is 13.6. The number of nitrogen functional groups attached to an aromatic ring is 1. The number of anilines is 1. The fourth-order valence-corrected chi connectivity index (χ4v) is 4.14. The number of aliphatic hydroxyl groups is 1. The van der Waals surface area contributed by atoms with Crippen molar-refractivity contribution in [3.05, 3.63) is 23.3 Å². The van der Waals surface area contributed by atoms with Crippen LogP contribution >= 0.6 is 0 Å². The van der Waals surface area contributed by atoms with Gasteiger partial charge in [0.25, 0.3) is 0 Å². The second-order valence-corrected chi connectivity index (χ2v) is 7.50. The van der Waals surface area contributed by atoms with Gasteiger partial charge in [0.2, 0.25) is 0 Å². The largest absolute Gasteiger partial charge is 0.408 e. The molecule has 0 saturated heterocycles. The first-order chi connectivity index (χ1) is 13.3. The number of fused-ring (bicyclic) bond motifs is 5. The van der Waals surface area contributed by atoms with Gasteiger partial charge in [-0.05, 0) is 32.6 Å². The molecule has 1 saturated carbocycles. The van der Waals surface area contributed by atoms with E-state index in [-0.39, 0.29) is 30.2 Å². The molecule has 0 aliphatic heterocycles. The molecule has 3 heterocycles. The Hall–Kier alpha value is -2.62. The molecule has 3 aromatic heterocycles. The lowest BCUT2D eigenvalue weighted by molar-refractivity contribution is -0.162. The summed E-state index contributed by atoms with van der Waals surface area (Å²) in [6.45, 7) is 1.08. The van der Waals surface area contributed by atoms with Crippen LogP contribution in [0.1, 0.15) is 61.3 Å². The zero-order valence-corrected chi connectivity index (χ0v) is 15.0. The molecule has 0 radical (unpaired) electrons. The molecular formula is C18H18F3N5O2. The molecule has 5 rings (SSSR count). The molecule has 2 atom stereocenters. The van der Waals surface area contributed by atoms with Gasteiger partial charge in [-0.2, -0.15) is 13.2 Å². The summed E-state index contributed by atoms with van der Waals surface area (Å²) in [6.07, 6.45) is -1.80. The van der Waals surface area contributed by atoms with Crippen molar-refractivity contribution in [2.45, 2.75) is 56.8 Å². The Morgan fingerprint density at radius 3 is 2.71 bits per heavy atom. The van der Waals surface area contributed by atoms with Crippen LogP contribution in [0.25, 0.3) is 22.3 Å². The minimum Gasteiger partial charge on any atom is -0.388 e. The van der Waals surface area contributed by atoms with E-state index in [2.05, 4.69) is 15.1 Å². The monoisotopic (exact) mass is 393 g/mol. The van der Waals surface area contributed by atoms with Gasteiger partial charge in [-0.25, -0.2) is 9.97 Å². The van der Waals surface area contributed by atoms with E-state index in [1.165, 1.54) is 0 Å². The van der Waals surface area contributed by atoms with E-state index in [0.29, 0.717) is 33.7 Å². The van der Waals surface area contributed by atoms with Gasteiger partial charge < -0.3 is 19.9 Å². The van der Waals surface area contributed by atoms with Gasteiger partial charge >= 0.3 is 6.18 Å². The van der Waals surface area contributed by atoms with Crippen LogP contribution in [-0.2, 0) is 6.42 Å². The summed E-state index contributed by atoms with van der Waals surface area (Å²) in [5, 5.41) is 15.2. The molecule has 2 aliphatic carbocycles. The quantitative estimate of drug-likeness (QED) is 0.689. The van der Waals surface area contributed by atoms with Crippen molar-refractivity contribution in [1.29, 1.82) is 0 Å². The summed E-state index contributed by atoms with van der Waals surface area (Å²) in [7, 11) is 0. The summed E-state index contributed by atoms with van der Waals surface area (Å²) >= 11 is 0. The molecular weight excluding hydrogens is 375 g/mol. The standard InChI is InChI=1S/C18H18F3N5O2/c1-7(18(19,20)21)26-9-4-5-10(27)12-14(25-28-15(12)8-2-3-8)11(9)13-16(22)23-6-24-17(13)26/h6-8,10,27H,2-5H2,1H3,(H2,22,23,24)/t7-,10?/m1/s1. The lowest BCUT2D eigenvalue weighted by Crippen LogP contribution is -2.25. The zero-order valence-electron chi connectivity index (χ0n) is 15.0. The van der Waals surface area contributed by atoms with Crippen LogP contribution in [0.5, 0.6) is 0 Å². The Balaban J connectivity index is 1.87. The predicted molar refractivity (Wildman–Crippen MR) is 93.5 cm³/mol. The molecule has 148 valence electrons. The van der Waals surface area contributed by atoms with Crippen molar-refractivity contribution in [1.82, 2.24) is 19.7 Å². The van der Waals surface area contributed by atoms with Crippen molar-refractivity contribution < 1.29 is 22.8 Å². The third-order valence-electron chi connectivity index (χ3n) is 5.70. The Labute approximate surface area is 157 Å². The first kappa shape index (κ1) is 17.5. The van der Waals surface area contributed by atoms with E-state index >= 15 is 0 Å². The van der Waals surface area contributed by atoms with Crippen LogP contribution in [0.4, 0.5) is 19.0 Å². The Kier molecular flexibility index (Phi) is 3.55. The van der Waals surface area contributed by atoms with E-state index in [9.17, 15) is 18.3 Å². The number of nitrogens with two attached hydrogens (primary N) is 1. The molecule has 0 bridgehead atoms. The molecule has 0 aromatic carbocycles. The van der Waals surface area contributed by atoms with Crippen molar-refractivity contribution in [3.8, 4) is 11.3 Å². The third-order valence-corrected chi connectivity index (χ3v) is 5.70. The summed E-state index contributed by atoms with van der Waals surface area (Å²) in [5.41, 5.74) is 7.90. The van der Waals surface area contributed by atoms with Gasteiger partial charge in [0.05, 0.1) is 17.1 Å². The molecule has 10 heteroatoms. The van der Waals surface area contributed by atoms with Crippen LogP contribution in [0, 0.1) is 0 Å². The maximum Gasteiger partial charge on any atom is 0.408 e. The summed E-state index contributed by atoms with van der Waals surface area (Å²) in [6, 6.07) is -1.82. The number of alkyl halides is 3. The predicted octanol–water partition coefficient (Wildman–Crippen LogP) is 3.65. The van der Waals surface area contributed by atoms with Gasteiger partial charge in [0, 0.05) is 17.2 Å². The number of nitrogens with zero attached hydrogens (tertiary/aromatic N) is 4. The van der Waals surface area contributed by atoms with Gasteiger partial charge in [-0.1, -0.05) is 5.16 Å². The maximum atomic E-state index is 13.6. The van der Waals surface area contributed by atoms with E-state index < -0.39 is 18.3 Å². The third kappa shape index (κ3) is 2.36. The highest BCUT2D eigenvalue weighted by molar-refractivity contribution is 6.02. The minimum absolute atomic E-state index is 0.0766. The average Bonchev–Trinajstić information content (AvgIpc) is 3.32. The van der Waals surface area contributed by atoms with Gasteiger partial charge in [-0.3, -0.25) is 0 Å². The van der Waals surface area contributed by atoms with Crippen LogP contribution in [0.15, 0.2) is 10.9 Å². The van der Waals surface area contributed by atoms with Crippen LogP contribution in [-0.4, -0.2) is 31.0 Å². The van der Waals surface area contributed by atoms with E-state index in [4.69, 9.17) is 10.3 Å². The van der Waals surface area contributed by atoms with E-state index in [1.807, 2.05) is 0 Å². The summed E-state index contributed by atoms with van der Waals surface area (Å²) in [4.78, 5) is 8.09. The Morgan fingerprint density at radius 2 is 2.04 bits per heavy atom. The molecule has 3 N–H and O–H groups in total. The first-order valence-corrected chi connectivity index (χ1v) is 9.16. The molecule has 1 unspecified atom stereocenters. The van der Waals surface area contributed by atoms with Crippen molar-refractivity contribution in [2.75, 3.05) is 5.73 Å². The lowest BCUT2D eigenvalue weighted by Gasteiger charge is -2.21. The number of hydrogen-bond acceptors (Lipinski definition) is 6. The summed E-state index contributed by atoms with van der Waals surface area (Å²) in [5.74, 6) is 0.895. The van der Waals surface area contributed by atoms with E-state index in [1.54, 1.807) is 0 Å². The topological polar surface area (TPSA) is 103 Å². The normalized spacial score (nSPS) is 20.7. The second kappa shape index (κ2) is 5.69. The second-order valence-electron chi connectivity index (χ2n) is 7.50. The SMILES string of the molecule is C[C@@H](n1c2c(c3c(N)ncnc31)-c1noc(C3CC3)c1C(O)CC2)C(F)(F)F. The number of hydrogen-bond donors (Lipinski definition) is 2. The smallest absolute Gasteiger partial charge is 0.388 e. The molecule has 7 nitrogen and oxygen atoms in total. The van der Waals surface area contributed by atoms with Crippen molar-refractivity contribution >= 4 is 16.9 Å². The molecule has 1 fully saturated rings. The molecule has 0 spiro atoms. The van der Waals surface area contributed by atoms with Gasteiger partial charge in [0.15, 0.2) is 0 Å². The van der Waals surface area contributed by atoms with Crippen LogP contribution in [0.2, 0.25) is 0 Å². The van der Waals surface area contributed by atoms with Crippen LogP contribution < -0.4 is 5.73 Å². The van der Waals surface area contributed by atoms with Gasteiger partial charge in [-0.15, -0.1) is 0 Å². The minimum atomic E-state index is -4.48. The van der Waals surface area contributed by atoms with E-state index in [0.717, 1.165) is 30.7 Å². The highest BCUT2D eigenvalue weighted by atomic mass is 19.4. The lowest BCUT2D eigenvalue weighted by atomic mass is 10.0. The average molecular weight is 393 g/mol.